The Labute approximate surface area is 102 Å². The van der Waals surface area contributed by atoms with E-state index in [0.29, 0.717) is 12.8 Å². The van der Waals surface area contributed by atoms with Gasteiger partial charge in [-0.2, -0.15) is 0 Å². The second-order valence-electron chi connectivity index (χ2n) is 4.43. The van der Waals surface area contributed by atoms with Crippen molar-refractivity contribution in [1.29, 1.82) is 0 Å². The minimum absolute atomic E-state index is 0.0617. The van der Waals surface area contributed by atoms with Crippen molar-refractivity contribution < 1.29 is 24.2 Å². The van der Waals surface area contributed by atoms with Crippen molar-refractivity contribution in [3.8, 4) is 0 Å². The van der Waals surface area contributed by atoms with Gasteiger partial charge in [0.1, 0.15) is 0 Å². The third-order valence-corrected chi connectivity index (χ3v) is 2.69. The Morgan fingerprint density at radius 2 is 1.41 bits per heavy atom. The van der Waals surface area contributed by atoms with Crippen LogP contribution >= 0.6 is 0 Å². The van der Waals surface area contributed by atoms with Gasteiger partial charge in [-0.3, -0.25) is 9.59 Å². The van der Waals surface area contributed by atoms with Gasteiger partial charge in [0, 0.05) is 20.8 Å². The molecule has 0 atom stereocenters. The van der Waals surface area contributed by atoms with Gasteiger partial charge in [-0.25, -0.2) is 0 Å². The van der Waals surface area contributed by atoms with Crippen molar-refractivity contribution >= 4 is 11.9 Å². The predicted octanol–water partition coefficient (Wildman–Crippen LogP) is 1.77. The first-order chi connectivity index (χ1) is 7.66. The fourth-order valence-corrected chi connectivity index (χ4v) is 1.80. The van der Waals surface area contributed by atoms with Crippen LogP contribution in [0.5, 0.6) is 0 Å². The Hall–Kier alpha value is -1.10. The Morgan fingerprint density at radius 3 is 1.65 bits per heavy atom. The van der Waals surface area contributed by atoms with Crippen molar-refractivity contribution in [3.63, 3.8) is 0 Å². The summed E-state index contributed by atoms with van der Waals surface area (Å²) >= 11 is 0. The van der Waals surface area contributed by atoms with Gasteiger partial charge in [0.15, 0.2) is 0 Å². The van der Waals surface area contributed by atoms with Gasteiger partial charge in [0.2, 0.25) is 0 Å². The van der Waals surface area contributed by atoms with E-state index in [1.54, 1.807) is 0 Å². The van der Waals surface area contributed by atoms with Crippen LogP contribution in [0.1, 0.15) is 53.9 Å². The van der Waals surface area contributed by atoms with E-state index in [1.165, 1.54) is 20.8 Å². The molecule has 0 fully saturated rings. The van der Waals surface area contributed by atoms with Crippen LogP contribution in [0.3, 0.4) is 0 Å². The quantitative estimate of drug-likeness (QED) is 0.571. The molecule has 0 saturated carbocycles. The zero-order valence-electron chi connectivity index (χ0n) is 11.2. The summed E-state index contributed by atoms with van der Waals surface area (Å²) in [6.45, 7) is 7.60. The molecule has 0 aliphatic heterocycles. The largest absolute Gasteiger partial charge is 0.423 e. The fraction of sp³-hybridized carbons (Fsp3) is 0.833. The first-order valence-electron chi connectivity index (χ1n) is 5.78. The molecule has 0 aliphatic rings. The maximum absolute atomic E-state index is 11.0. The van der Waals surface area contributed by atoms with Crippen LogP contribution in [0.25, 0.3) is 0 Å². The predicted molar refractivity (Wildman–Crippen MR) is 62.1 cm³/mol. The van der Waals surface area contributed by atoms with Crippen LogP contribution < -0.4 is 0 Å². The number of hydrogen-bond acceptors (Lipinski definition) is 5. The van der Waals surface area contributed by atoms with E-state index in [-0.39, 0.29) is 6.42 Å². The smallest absolute Gasteiger partial charge is 0.305 e. The summed E-state index contributed by atoms with van der Waals surface area (Å²) in [5, 5.41) is 10.2. The molecule has 0 bridgehead atoms. The second kappa shape index (κ2) is 6.00. The van der Waals surface area contributed by atoms with Gasteiger partial charge in [0.05, 0.1) is 12.0 Å². The molecular weight excluding hydrogens is 224 g/mol. The van der Waals surface area contributed by atoms with Crippen LogP contribution in [0, 0.1) is 0 Å². The van der Waals surface area contributed by atoms with Gasteiger partial charge >= 0.3 is 11.9 Å². The van der Waals surface area contributed by atoms with Gasteiger partial charge in [-0.05, 0) is 12.8 Å². The van der Waals surface area contributed by atoms with E-state index in [0.717, 1.165) is 0 Å². The summed E-state index contributed by atoms with van der Waals surface area (Å²) in [5.74, 6) is -2.52. The average molecular weight is 246 g/mol. The lowest BCUT2D eigenvalue weighted by Gasteiger charge is -2.35. The van der Waals surface area contributed by atoms with Crippen LogP contribution in [0.15, 0.2) is 0 Å². The molecular formula is C12H22O5. The molecule has 0 aromatic carbocycles. The zero-order chi connectivity index (χ0) is 13.7. The van der Waals surface area contributed by atoms with Gasteiger partial charge in [-0.15, -0.1) is 0 Å². The maximum atomic E-state index is 11.0. The highest BCUT2D eigenvalue weighted by molar-refractivity contribution is 5.68. The highest BCUT2D eigenvalue weighted by Gasteiger charge is 2.40. The summed E-state index contributed by atoms with van der Waals surface area (Å²) < 4.78 is 10.0. The SMILES string of the molecule is CCC(O)(CC)CC(C)(OC(C)=O)OC(C)=O. The highest BCUT2D eigenvalue weighted by atomic mass is 16.7. The lowest BCUT2D eigenvalue weighted by molar-refractivity contribution is -0.235. The first-order valence-corrected chi connectivity index (χ1v) is 5.78. The molecule has 0 heterocycles. The van der Waals surface area contributed by atoms with Gasteiger partial charge in [0.25, 0.3) is 5.79 Å². The molecule has 100 valence electrons. The topological polar surface area (TPSA) is 72.8 Å². The number of carbonyl (C=O) groups excluding carboxylic acids is 2. The first kappa shape index (κ1) is 15.9. The molecule has 0 aliphatic carbocycles. The van der Waals surface area contributed by atoms with Crippen LogP contribution in [-0.4, -0.2) is 28.4 Å². The maximum Gasteiger partial charge on any atom is 0.305 e. The molecule has 0 spiro atoms. The fourth-order valence-electron chi connectivity index (χ4n) is 1.80. The molecule has 1 N–H and O–H groups in total. The van der Waals surface area contributed by atoms with Crippen molar-refractivity contribution in [2.24, 2.45) is 0 Å². The Morgan fingerprint density at radius 1 is 1.06 bits per heavy atom. The summed E-state index contributed by atoms with van der Waals surface area (Å²) in [6, 6.07) is 0. The standard InChI is InChI=1S/C12H22O5/c1-6-12(15,7-2)8-11(5,16-9(3)13)17-10(4)14/h15H,6-8H2,1-5H3. The van der Waals surface area contributed by atoms with Crippen molar-refractivity contribution in [1.82, 2.24) is 0 Å². The number of hydrogen-bond donors (Lipinski definition) is 1. The third-order valence-electron chi connectivity index (χ3n) is 2.69. The normalized spacial score (nSPS) is 12.1. The number of rotatable bonds is 6. The molecule has 0 amide bonds. The van der Waals surface area contributed by atoms with Crippen molar-refractivity contribution in [2.75, 3.05) is 0 Å². The number of ether oxygens (including phenoxy) is 2. The summed E-state index contributed by atoms with van der Waals surface area (Å²) in [5.41, 5.74) is -1.01. The van der Waals surface area contributed by atoms with Crippen molar-refractivity contribution in [2.45, 2.75) is 65.3 Å². The minimum Gasteiger partial charge on any atom is -0.423 e. The Bertz CT molecular complexity index is 265. The third kappa shape index (κ3) is 5.68. The molecule has 0 unspecified atom stereocenters. The average Bonchev–Trinajstić information content (AvgIpc) is 2.14. The molecule has 17 heavy (non-hydrogen) atoms. The van der Waals surface area contributed by atoms with E-state index in [4.69, 9.17) is 9.47 Å². The van der Waals surface area contributed by atoms with E-state index in [2.05, 4.69) is 0 Å². The molecule has 5 heteroatoms. The minimum atomic E-state index is -1.42. The van der Waals surface area contributed by atoms with Gasteiger partial charge in [-0.1, -0.05) is 13.8 Å². The molecule has 0 aromatic heterocycles. The Kier molecular flexibility index (Phi) is 5.61. The van der Waals surface area contributed by atoms with Crippen LogP contribution in [-0.2, 0) is 19.1 Å². The molecule has 0 radical (unpaired) electrons. The highest BCUT2D eigenvalue weighted by Crippen LogP contribution is 2.30. The molecule has 0 rings (SSSR count). The van der Waals surface area contributed by atoms with E-state index < -0.39 is 23.3 Å². The van der Waals surface area contributed by atoms with E-state index in [1.807, 2.05) is 13.8 Å². The lowest BCUT2D eigenvalue weighted by Crippen LogP contribution is -2.44. The van der Waals surface area contributed by atoms with E-state index >= 15 is 0 Å². The molecule has 0 saturated heterocycles. The van der Waals surface area contributed by atoms with Crippen LogP contribution in [0.2, 0.25) is 0 Å². The summed E-state index contributed by atoms with van der Waals surface area (Å²) in [7, 11) is 0. The second-order valence-corrected chi connectivity index (χ2v) is 4.43. The Balaban J connectivity index is 4.91. The molecule has 5 nitrogen and oxygen atoms in total. The molecule has 0 aromatic rings. The van der Waals surface area contributed by atoms with Crippen LogP contribution in [0.4, 0.5) is 0 Å². The summed E-state index contributed by atoms with van der Waals surface area (Å²) in [4.78, 5) is 22.0. The van der Waals surface area contributed by atoms with Crippen molar-refractivity contribution in [3.05, 3.63) is 0 Å². The lowest BCUT2D eigenvalue weighted by atomic mass is 9.89. The number of aliphatic hydroxyl groups is 1. The van der Waals surface area contributed by atoms with Gasteiger partial charge < -0.3 is 14.6 Å². The monoisotopic (exact) mass is 246 g/mol. The zero-order valence-corrected chi connectivity index (χ0v) is 11.2. The summed E-state index contributed by atoms with van der Waals surface area (Å²) in [6.07, 6.45) is 1.04. The number of carbonyl (C=O) groups is 2. The number of esters is 2. The van der Waals surface area contributed by atoms with E-state index in [9.17, 15) is 14.7 Å².